The Morgan fingerprint density at radius 1 is 1.41 bits per heavy atom. The van der Waals surface area contributed by atoms with Crippen molar-refractivity contribution in [1.29, 1.82) is 0 Å². The third-order valence-electron chi connectivity index (χ3n) is 2.79. The Morgan fingerprint density at radius 3 is 2.65 bits per heavy atom. The van der Waals surface area contributed by atoms with E-state index >= 15 is 0 Å². The first-order chi connectivity index (χ1) is 8.08. The molecule has 3 heteroatoms. The molecule has 1 unspecified atom stereocenters. The van der Waals surface area contributed by atoms with Crippen LogP contribution in [0.2, 0.25) is 0 Å². The van der Waals surface area contributed by atoms with Crippen molar-refractivity contribution >= 4 is 5.78 Å². The van der Waals surface area contributed by atoms with Crippen LogP contribution in [0, 0.1) is 0 Å². The molecule has 3 nitrogen and oxygen atoms in total. The SMILES string of the molecule is CCC(C)OCc1cc(C(C)=O)ccc1OC. The Hall–Kier alpha value is -1.35. The lowest BCUT2D eigenvalue weighted by Gasteiger charge is -2.13. The molecule has 0 N–H and O–H groups in total. The van der Waals surface area contributed by atoms with E-state index in [0.29, 0.717) is 12.2 Å². The van der Waals surface area contributed by atoms with Crippen molar-refractivity contribution in [2.24, 2.45) is 0 Å². The molecule has 0 spiro atoms. The minimum atomic E-state index is 0.0532. The molecule has 0 heterocycles. The number of benzene rings is 1. The predicted molar refractivity (Wildman–Crippen MR) is 67.5 cm³/mol. The van der Waals surface area contributed by atoms with Crippen molar-refractivity contribution < 1.29 is 14.3 Å². The van der Waals surface area contributed by atoms with Crippen LogP contribution in [0.5, 0.6) is 5.75 Å². The van der Waals surface area contributed by atoms with E-state index in [1.54, 1.807) is 20.1 Å². The fraction of sp³-hybridized carbons (Fsp3) is 0.500. The Bertz CT molecular complexity index is 385. The first kappa shape index (κ1) is 13.7. The number of ether oxygens (including phenoxy) is 2. The van der Waals surface area contributed by atoms with Gasteiger partial charge in [0.2, 0.25) is 0 Å². The number of carbonyl (C=O) groups is 1. The smallest absolute Gasteiger partial charge is 0.159 e. The molecule has 1 aromatic carbocycles. The van der Waals surface area contributed by atoms with Crippen LogP contribution in [0.15, 0.2) is 18.2 Å². The van der Waals surface area contributed by atoms with E-state index in [9.17, 15) is 4.79 Å². The molecule has 0 aliphatic carbocycles. The number of hydrogen-bond donors (Lipinski definition) is 0. The highest BCUT2D eigenvalue weighted by molar-refractivity contribution is 5.94. The van der Waals surface area contributed by atoms with Crippen LogP contribution in [0.4, 0.5) is 0 Å². The Balaban J connectivity index is 2.86. The maximum absolute atomic E-state index is 11.3. The summed E-state index contributed by atoms with van der Waals surface area (Å²) in [5.74, 6) is 0.816. The lowest BCUT2D eigenvalue weighted by atomic mass is 10.1. The van der Waals surface area contributed by atoms with Gasteiger partial charge in [0.05, 0.1) is 19.8 Å². The molecule has 0 saturated carbocycles. The van der Waals surface area contributed by atoms with Crippen LogP contribution < -0.4 is 4.74 Å². The van der Waals surface area contributed by atoms with Crippen molar-refractivity contribution in [2.75, 3.05) is 7.11 Å². The molecule has 0 bridgehead atoms. The molecule has 0 amide bonds. The van der Waals surface area contributed by atoms with E-state index in [1.165, 1.54) is 0 Å². The second-order valence-corrected chi connectivity index (χ2v) is 4.11. The molecule has 17 heavy (non-hydrogen) atoms. The summed E-state index contributed by atoms with van der Waals surface area (Å²) < 4.78 is 10.9. The van der Waals surface area contributed by atoms with Gasteiger partial charge in [-0.25, -0.2) is 0 Å². The minimum absolute atomic E-state index is 0.0532. The second-order valence-electron chi connectivity index (χ2n) is 4.11. The summed E-state index contributed by atoms with van der Waals surface area (Å²) in [5.41, 5.74) is 1.61. The lowest BCUT2D eigenvalue weighted by Crippen LogP contribution is -2.07. The molecule has 0 aromatic heterocycles. The topological polar surface area (TPSA) is 35.5 Å². The van der Waals surface area contributed by atoms with Gasteiger partial charge in [-0.3, -0.25) is 4.79 Å². The zero-order valence-electron chi connectivity index (χ0n) is 10.9. The van der Waals surface area contributed by atoms with Crippen LogP contribution in [-0.4, -0.2) is 19.0 Å². The Kier molecular flexibility index (Phi) is 5.16. The van der Waals surface area contributed by atoms with E-state index in [0.717, 1.165) is 17.7 Å². The number of methoxy groups -OCH3 is 1. The summed E-state index contributed by atoms with van der Waals surface area (Å²) >= 11 is 0. The van der Waals surface area contributed by atoms with Gasteiger partial charge in [0.25, 0.3) is 0 Å². The Morgan fingerprint density at radius 2 is 2.12 bits per heavy atom. The molecule has 0 saturated heterocycles. The standard InChI is InChI=1S/C14H20O3/c1-5-10(2)17-9-13-8-12(11(3)15)6-7-14(13)16-4/h6-8,10H,5,9H2,1-4H3. The van der Waals surface area contributed by atoms with Gasteiger partial charge in [-0.15, -0.1) is 0 Å². The highest BCUT2D eigenvalue weighted by Crippen LogP contribution is 2.21. The number of rotatable bonds is 6. The Labute approximate surface area is 103 Å². The molecular formula is C14H20O3. The van der Waals surface area contributed by atoms with Crippen molar-refractivity contribution in [2.45, 2.75) is 39.9 Å². The molecule has 94 valence electrons. The molecule has 0 radical (unpaired) electrons. The number of hydrogen-bond acceptors (Lipinski definition) is 3. The van der Waals surface area contributed by atoms with E-state index in [-0.39, 0.29) is 11.9 Å². The summed E-state index contributed by atoms with van der Waals surface area (Å²) in [6.45, 7) is 6.13. The highest BCUT2D eigenvalue weighted by Gasteiger charge is 2.08. The van der Waals surface area contributed by atoms with Gasteiger partial charge >= 0.3 is 0 Å². The van der Waals surface area contributed by atoms with Crippen molar-refractivity contribution in [3.8, 4) is 5.75 Å². The molecule has 0 aliphatic rings. The third-order valence-corrected chi connectivity index (χ3v) is 2.79. The summed E-state index contributed by atoms with van der Waals surface area (Å²) in [5, 5.41) is 0. The van der Waals surface area contributed by atoms with Gasteiger partial charge in [-0.05, 0) is 38.5 Å². The molecule has 0 aliphatic heterocycles. The third kappa shape index (κ3) is 3.86. The molecule has 1 atom stereocenters. The van der Waals surface area contributed by atoms with Crippen LogP contribution in [0.1, 0.15) is 43.1 Å². The van der Waals surface area contributed by atoms with Crippen LogP contribution >= 0.6 is 0 Å². The number of carbonyl (C=O) groups excluding carboxylic acids is 1. The lowest BCUT2D eigenvalue weighted by molar-refractivity contribution is 0.0497. The normalized spacial score (nSPS) is 12.2. The number of Topliss-reactive ketones (excluding diaryl/α,β-unsaturated/α-hetero) is 1. The van der Waals surface area contributed by atoms with E-state index in [1.807, 2.05) is 19.1 Å². The first-order valence-corrected chi connectivity index (χ1v) is 5.88. The maximum Gasteiger partial charge on any atom is 0.159 e. The first-order valence-electron chi connectivity index (χ1n) is 5.88. The van der Waals surface area contributed by atoms with Gasteiger partial charge in [0.1, 0.15) is 5.75 Å². The van der Waals surface area contributed by atoms with Crippen molar-refractivity contribution in [3.63, 3.8) is 0 Å². The molecule has 1 rings (SSSR count). The van der Waals surface area contributed by atoms with Crippen molar-refractivity contribution in [1.82, 2.24) is 0 Å². The quantitative estimate of drug-likeness (QED) is 0.711. The highest BCUT2D eigenvalue weighted by atomic mass is 16.5. The monoisotopic (exact) mass is 236 g/mol. The average molecular weight is 236 g/mol. The van der Waals surface area contributed by atoms with Crippen LogP contribution in [-0.2, 0) is 11.3 Å². The van der Waals surface area contributed by atoms with Gasteiger partial charge < -0.3 is 9.47 Å². The van der Waals surface area contributed by atoms with Gasteiger partial charge in [-0.1, -0.05) is 6.92 Å². The number of ketones is 1. The summed E-state index contributed by atoms with van der Waals surface area (Å²) in [6.07, 6.45) is 1.18. The fourth-order valence-electron chi connectivity index (χ4n) is 1.46. The van der Waals surface area contributed by atoms with E-state index in [4.69, 9.17) is 9.47 Å². The second kappa shape index (κ2) is 6.40. The van der Waals surface area contributed by atoms with Gasteiger partial charge in [0.15, 0.2) is 5.78 Å². The van der Waals surface area contributed by atoms with Crippen LogP contribution in [0.3, 0.4) is 0 Å². The summed E-state index contributed by atoms with van der Waals surface area (Å²) in [6, 6.07) is 5.42. The maximum atomic E-state index is 11.3. The fourth-order valence-corrected chi connectivity index (χ4v) is 1.46. The van der Waals surface area contributed by atoms with Gasteiger partial charge in [0, 0.05) is 11.1 Å². The molecule has 1 aromatic rings. The summed E-state index contributed by atoms with van der Waals surface area (Å²) in [7, 11) is 1.62. The van der Waals surface area contributed by atoms with E-state index < -0.39 is 0 Å². The summed E-state index contributed by atoms with van der Waals surface area (Å²) in [4.78, 5) is 11.3. The van der Waals surface area contributed by atoms with Crippen LogP contribution in [0.25, 0.3) is 0 Å². The zero-order chi connectivity index (χ0) is 12.8. The molecule has 0 fully saturated rings. The van der Waals surface area contributed by atoms with Gasteiger partial charge in [-0.2, -0.15) is 0 Å². The zero-order valence-corrected chi connectivity index (χ0v) is 10.9. The predicted octanol–water partition coefficient (Wildman–Crippen LogP) is 3.21. The van der Waals surface area contributed by atoms with E-state index in [2.05, 4.69) is 6.92 Å². The minimum Gasteiger partial charge on any atom is -0.496 e. The van der Waals surface area contributed by atoms with Crippen molar-refractivity contribution in [3.05, 3.63) is 29.3 Å². The largest absolute Gasteiger partial charge is 0.496 e. The average Bonchev–Trinajstić information content (AvgIpc) is 2.35. The molecular weight excluding hydrogens is 216 g/mol.